The Morgan fingerprint density at radius 3 is 2.70 bits per heavy atom. The summed E-state index contributed by atoms with van der Waals surface area (Å²) in [4.78, 5) is 13.3. The van der Waals surface area contributed by atoms with E-state index < -0.39 is 6.55 Å². The molecule has 10 heavy (non-hydrogen) atoms. The summed E-state index contributed by atoms with van der Waals surface area (Å²) in [5, 5.41) is 0. The Kier molecular flexibility index (Phi) is 1.75. The molecule has 0 aliphatic carbocycles. The average Bonchev–Trinajstić information content (AvgIpc) is 2.34. The van der Waals surface area contributed by atoms with Crippen molar-refractivity contribution < 1.29 is 13.6 Å². The second-order valence-electron chi connectivity index (χ2n) is 1.64. The maximum atomic E-state index is 11.7. The number of aromatic nitrogens is 2. The van der Waals surface area contributed by atoms with Gasteiger partial charge in [-0.25, -0.2) is 4.98 Å². The van der Waals surface area contributed by atoms with E-state index in [1.807, 2.05) is 0 Å². The average molecular weight is 146 g/mol. The molecule has 0 radical (unpaired) electrons. The van der Waals surface area contributed by atoms with Crippen LogP contribution in [0.2, 0.25) is 0 Å². The lowest BCUT2D eigenvalue weighted by Gasteiger charge is -1.94. The second kappa shape index (κ2) is 2.55. The van der Waals surface area contributed by atoms with Crippen LogP contribution < -0.4 is 0 Å². The lowest BCUT2D eigenvalue weighted by atomic mass is 10.5. The van der Waals surface area contributed by atoms with Crippen molar-refractivity contribution in [3.05, 3.63) is 18.2 Å². The summed E-state index contributed by atoms with van der Waals surface area (Å²) in [6, 6.07) is 0. The molecule has 0 unspecified atom stereocenters. The highest BCUT2D eigenvalue weighted by Gasteiger charge is 2.04. The number of nitrogens with zero attached hydrogens (tertiary/aromatic N) is 2. The second-order valence-corrected chi connectivity index (χ2v) is 1.64. The molecule has 1 aromatic heterocycles. The molecule has 0 aromatic carbocycles. The number of hydrogen-bond acceptors (Lipinski definition) is 2. The van der Waals surface area contributed by atoms with Crippen LogP contribution in [0.15, 0.2) is 12.5 Å². The van der Waals surface area contributed by atoms with Crippen LogP contribution in [0.1, 0.15) is 17.0 Å². The Balaban J connectivity index is 2.88. The number of hydrogen-bond donors (Lipinski definition) is 0. The summed E-state index contributed by atoms with van der Waals surface area (Å²) in [5.74, 6) is 0. The predicted molar refractivity (Wildman–Crippen MR) is 28.9 cm³/mol. The van der Waals surface area contributed by atoms with E-state index in [4.69, 9.17) is 0 Å². The topological polar surface area (TPSA) is 34.9 Å². The van der Waals surface area contributed by atoms with Crippen molar-refractivity contribution in [2.45, 2.75) is 6.55 Å². The molecule has 0 atom stereocenters. The highest BCUT2D eigenvalue weighted by molar-refractivity contribution is 5.70. The van der Waals surface area contributed by atoms with Gasteiger partial charge in [-0.2, -0.15) is 8.78 Å². The molecule has 0 saturated heterocycles. The van der Waals surface area contributed by atoms with Gasteiger partial charge in [0.2, 0.25) is 0 Å². The Labute approximate surface area is 55.3 Å². The first-order chi connectivity index (χ1) is 4.74. The van der Waals surface area contributed by atoms with Crippen LogP contribution in [0.3, 0.4) is 0 Å². The first kappa shape index (κ1) is 6.85. The molecular weight excluding hydrogens is 142 g/mol. The molecule has 0 aliphatic rings. The van der Waals surface area contributed by atoms with E-state index in [9.17, 15) is 13.6 Å². The van der Waals surface area contributed by atoms with Gasteiger partial charge in [0.25, 0.3) is 0 Å². The Bertz CT molecular complexity index is 233. The summed E-state index contributed by atoms with van der Waals surface area (Å²) in [5.41, 5.74) is 0.0142. The fourth-order valence-electron chi connectivity index (χ4n) is 0.520. The molecule has 0 spiro atoms. The zero-order chi connectivity index (χ0) is 7.56. The van der Waals surface area contributed by atoms with Gasteiger partial charge in [-0.15, -0.1) is 0 Å². The zero-order valence-electron chi connectivity index (χ0n) is 4.87. The normalized spacial score (nSPS) is 10.3. The molecule has 54 valence electrons. The number of carbonyl (C=O) groups is 1. The van der Waals surface area contributed by atoms with Crippen LogP contribution in [0.4, 0.5) is 8.78 Å². The van der Waals surface area contributed by atoms with E-state index in [1.54, 1.807) is 0 Å². The Morgan fingerprint density at radius 1 is 1.70 bits per heavy atom. The van der Waals surface area contributed by atoms with Gasteiger partial charge in [0.1, 0.15) is 5.69 Å². The minimum atomic E-state index is -2.62. The number of carbonyl (C=O) groups excluding carboxylic acids is 1. The molecule has 0 bridgehead atoms. The SMILES string of the molecule is O=Cc1cn(C(F)F)cn1. The summed E-state index contributed by atoms with van der Waals surface area (Å²) in [6.07, 6.45) is 2.31. The highest BCUT2D eigenvalue weighted by atomic mass is 19.3. The van der Waals surface area contributed by atoms with Gasteiger partial charge in [-0.05, 0) is 0 Å². The van der Waals surface area contributed by atoms with E-state index in [1.165, 1.54) is 0 Å². The summed E-state index contributed by atoms with van der Waals surface area (Å²) >= 11 is 0. The van der Waals surface area contributed by atoms with Crippen molar-refractivity contribution in [3.63, 3.8) is 0 Å². The van der Waals surface area contributed by atoms with Gasteiger partial charge in [-0.1, -0.05) is 0 Å². The Hall–Kier alpha value is -1.26. The third-order valence-corrected chi connectivity index (χ3v) is 0.968. The molecule has 1 heterocycles. The van der Waals surface area contributed by atoms with E-state index in [0.717, 1.165) is 12.5 Å². The zero-order valence-corrected chi connectivity index (χ0v) is 4.87. The number of aldehydes is 1. The van der Waals surface area contributed by atoms with Gasteiger partial charge in [0.05, 0.1) is 6.33 Å². The summed E-state index contributed by atoms with van der Waals surface area (Å²) < 4.78 is 24.0. The van der Waals surface area contributed by atoms with Crippen molar-refractivity contribution in [2.75, 3.05) is 0 Å². The smallest absolute Gasteiger partial charge is 0.296 e. The van der Waals surface area contributed by atoms with Crippen molar-refractivity contribution in [1.82, 2.24) is 9.55 Å². The van der Waals surface area contributed by atoms with E-state index in [0.29, 0.717) is 10.9 Å². The molecular formula is C5H4F2N2O. The fourth-order valence-corrected chi connectivity index (χ4v) is 0.520. The van der Waals surface area contributed by atoms with E-state index >= 15 is 0 Å². The van der Waals surface area contributed by atoms with Gasteiger partial charge in [0.15, 0.2) is 6.29 Å². The molecule has 3 nitrogen and oxygen atoms in total. The molecule has 1 aromatic rings. The van der Waals surface area contributed by atoms with E-state index in [2.05, 4.69) is 4.98 Å². The minimum Gasteiger partial charge on any atom is -0.296 e. The minimum absolute atomic E-state index is 0.0142. The van der Waals surface area contributed by atoms with Crippen molar-refractivity contribution in [3.8, 4) is 0 Å². The maximum absolute atomic E-state index is 11.7. The molecule has 0 amide bonds. The molecule has 0 saturated carbocycles. The van der Waals surface area contributed by atoms with Crippen LogP contribution >= 0.6 is 0 Å². The lowest BCUT2D eigenvalue weighted by molar-refractivity contribution is 0.0701. The summed E-state index contributed by atoms with van der Waals surface area (Å²) in [7, 11) is 0. The van der Waals surface area contributed by atoms with Crippen LogP contribution in [0, 0.1) is 0 Å². The van der Waals surface area contributed by atoms with Crippen LogP contribution in [0.5, 0.6) is 0 Å². The number of imidazole rings is 1. The first-order valence-electron chi connectivity index (χ1n) is 2.51. The lowest BCUT2D eigenvalue weighted by Crippen LogP contribution is -1.92. The number of rotatable bonds is 2. The van der Waals surface area contributed by atoms with Crippen LogP contribution in [0.25, 0.3) is 0 Å². The van der Waals surface area contributed by atoms with Gasteiger partial charge in [0, 0.05) is 6.20 Å². The predicted octanol–water partition coefficient (Wildman–Crippen LogP) is 1.09. The van der Waals surface area contributed by atoms with Crippen molar-refractivity contribution in [2.24, 2.45) is 0 Å². The third kappa shape index (κ3) is 1.18. The van der Waals surface area contributed by atoms with Gasteiger partial charge < -0.3 is 0 Å². The van der Waals surface area contributed by atoms with Crippen LogP contribution in [-0.2, 0) is 0 Å². The summed E-state index contributed by atoms with van der Waals surface area (Å²) in [6.45, 7) is -2.62. The molecule has 0 fully saturated rings. The van der Waals surface area contributed by atoms with E-state index in [-0.39, 0.29) is 5.69 Å². The van der Waals surface area contributed by atoms with Crippen molar-refractivity contribution in [1.29, 1.82) is 0 Å². The molecule has 1 rings (SSSR count). The van der Waals surface area contributed by atoms with Gasteiger partial charge in [-0.3, -0.25) is 9.36 Å². The third-order valence-electron chi connectivity index (χ3n) is 0.968. The Morgan fingerprint density at radius 2 is 2.40 bits per heavy atom. The quantitative estimate of drug-likeness (QED) is 0.585. The van der Waals surface area contributed by atoms with Crippen molar-refractivity contribution >= 4 is 6.29 Å². The monoisotopic (exact) mass is 146 g/mol. The number of halogens is 2. The highest BCUT2D eigenvalue weighted by Crippen LogP contribution is 2.08. The number of alkyl halides is 2. The van der Waals surface area contributed by atoms with Crippen LogP contribution in [-0.4, -0.2) is 15.8 Å². The van der Waals surface area contributed by atoms with Gasteiger partial charge >= 0.3 is 6.55 Å². The molecule has 0 aliphatic heterocycles. The fraction of sp³-hybridized carbons (Fsp3) is 0.200. The molecule has 5 heteroatoms. The first-order valence-corrected chi connectivity index (χ1v) is 2.51. The standard InChI is InChI=1S/C5H4F2N2O/c6-5(7)9-1-4(2-10)8-3-9/h1-3,5H. The largest absolute Gasteiger partial charge is 0.319 e. The maximum Gasteiger partial charge on any atom is 0.319 e. The molecule has 0 N–H and O–H groups in total.